The summed E-state index contributed by atoms with van der Waals surface area (Å²) in [5.74, 6) is 0.135. The minimum atomic E-state index is -0.112. The molecule has 2 heteroatoms. The Bertz CT molecular complexity index is 235. The van der Waals surface area contributed by atoms with Gasteiger partial charge in [0.25, 0.3) is 0 Å². The molecule has 1 rings (SSSR count). The van der Waals surface area contributed by atoms with Gasteiger partial charge >= 0.3 is 0 Å². The third kappa shape index (κ3) is 2.03. The molecule has 0 amide bonds. The Morgan fingerprint density at radius 2 is 2.09 bits per heavy atom. The summed E-state index contributed by atoms with van der Waals surface area (Å²) in [6.45, 7) is 1.99. The zero-order chi connectivity index (χ0) is 8.27. The lowest BCUT2D eigenvalue weighted by atomic mass is 10.0. The van der Waals surface area contributed by atoms with Crippen LogP contribution in [0.3, 0.4) is 0 Å². The average molecular weight is 217 g/mol. The van der Waals surface area contributed by atoms with Gasteiger partial charge in [-0.3, -0.25) is 0 Å². The highest BCUT2D eigenvalue weighted by Crippen LogP contribution is 2.19. The largest absolute Gasteiger partial charge is 0.207 e. The number of rotatable bonds is 2. The van der Waals surface area contributed by atoms with E-state index in [1.165, 1.54) is 6.07 Å². The molecular formula is C9H10BrF. The second-order valence-corrected chi connectivity index (χ2v) is 3.22. The van der Waals surface area contributed by atoms with E-state index < -0.39 is 0 Å². The molecule has 0 heterocycles. The van der Waals surface area contributed by atoms with Gasteiger partial charge < -0.3 is 0 Å². The van der Waals surface area contributed by atoms with Gasteiger partial charge in [0.05, 0.1) is 0 Å². The molecular weight excluding hydrogens is 207 g/mol. The summed E-state index contributed by atoms with van der Waals surface area (Å²) in [6, 6.07) is 6.88. The molecule has 0 N–H and O–H groups in total. The second kappa shape index (κ2) is 3.86. The summed E-state index contributed by atoms with van der Waals surface area (Å²) in [6.07, 6.45) is 0. The number of benzene rings is 1. The van der Waals surface area contributed by atoms with Crippen LogP contribution in [0.5, 0.6) is 0 Å². The molecule has 0 spiro atoms. The van der Waals surface area contributed by atoms with Gasteiger partial charge in [-0.1, -0.05) is 41.1 Å². The first-order valence-electron chi connectivity index (χ1n) is 3.56. The molecule has 1 unspecified atom stereocenters. The van der Waals surface area contributed by atoms with E-state index in [-0.39, 0.29) is 11.7 Å². The lowest BCUT2D eigenvalue weighted by Gasteiger charge is -2.07. The lowest BCUT2D eigenvalue weighted by Crippen LogP contribution is -1.97. The maximum Gasteiger partial charge on any atom is 0.126 e. The number of alkyl halides is 1. The highest BCUT2D eigenvalue weighted by atomic mass is 79.9. The Hall–Kier alpha value is -0.370. The monoisotopic (exact) mass is 216 g/mol. The van der Waals surface area contributed by atoms with E-state index in [9.17, 15) is 4.39 Å². The molecule has 0 fully saturated rings. The summed E-state index contributed by atoms with van der Waals surface area (Å²) in [5, 5.41) is 0.800. The van der Waals surface area contributed by atoms with Gasteiger partial charge in [0, 0.05) is 5.33 Å². The van der Waals surface area contributed by atoms with Crippen LogP contribution in [0, 0.1) is 5.82 Å². The quantitative estimate of drug-likeness (QED) is 0.666. The molecule has 0 nitrogen and oxygen atoms in total. The molecule has 0 saturated heterocycles. The van der Waals surface area contributed by atoms with Crippen LogP contribution in [0.2, 0.25) is 0 Å². The highest BCUT2D eigenvalue weighted by molar-refractivity contribution is 9.09. The minimum absolute atomic E-state index is 0.112. The van der Waals surface area contributed by atoms with Gasteiger partial charge in [-0.15, -0.1) is 0 Å². The summed E-state index contributed by atoms with van der Waals surface area (Å²) in [4.78, 5) is 0. The number of hydrogen-bond acceptors (Lipinski definition) is 0. The predicted octanol–water partition coefficient (Wildman–Crippen LogP) is 3.32. The first kappa shape index (κ1) is 8.72. The maximum absolute atomic E-state index is 13.0. The maximum atomic E-state index is 13.0. The second-order valence-electron chi connectivity index (χ2n) is 2.58. The molecule has 1 aromatic rings. The van der Waals surface area contributed by atoms with E-state index in [0.29, 0.717) is 0 Å². The van der Waals surface area contributed by atoms with Gasteiger partial charge in [-0.25, -0.2) is 4.39 Å². The van der Waals surface area contributed by atoms with Crippen LogP contribution in [0.15, 0.2) is 24.3 Å². The van der Waals surface area contributed by atoms with Crippen LogP contribution in [-0.4, -0.2) is 5.33 Å². The molecule has 1 atom stereocenters. The molecule has 60 valence electrons. The van der Waals surface area contributed by atoms with E-state index in [4.69, 9.17) is 0 Å². The summed E-state index contributed by atoms with van der Waals surface area (Å²) in [7, 11) is 0. The molecule has 0 saturated carbocycles. The Balaban J connectivity index is 2.93. The first-order chi connectivity index (χ1) is 5.25. The zero-order valence-corrected chi connectivity index (χ0v) is 7.94. The van der Waals surface area contributed by atoms with Crippen molar-refractivity contribution >= 4 is 15.9 Å². The van der Waals surface area contributed by atoms with Crippen molar-refractivity contribution in [2.45, 2.75) is 12.8 Å². The topological polar surface area (TPSA) is 0 Å². The van der Waals surface area contributed by atoms with Gasteiger partial charge in [-0.05, 0) is 17.5 Å². The van der Waals surface area contributed by atoms with Crippen molar-refractivity contribution < 1.29 is 4.39 Å². The van der Waals surface area contributed by atoms with Crippen LogP contribution >= 0.6 is 15.9 Å². The van der Waals surface area contributed by atoms with Crippen molar-refractivity contribution in [2.75, 3.05) is 5.33 Å². The van der Waals surface area contributed by atoms with Crippen molar-refractivity contribution in [2.24, 2.45) is 0 Å². The smallest absolute Gasteiger partial charge is 0.126 e. The van der Waals surface area contributed by atoms with E-state index in [0.717, 1.165) is 10.9 Å². The molecule has 0 aromatic heterocycles. The lowest BCUT2D eigenvalue weighted by molar-refractivity contribution is 0.600. The Kier molecular flexibility index (Phi) is 3.06. The zero-order valence-electron chi connectivity index (χ0n) is 6.35. The Morgan fingerprint density at radius 1 is 1.45 bits per heavy atom. The van der Waals surface area contributed by atoms with Gasteiger partial charge in [0.15, 0.2) is 0 Å². The van der Waals surface area contributed by atoms with E-state index in [1.54, 1.807) is 6.07 Å². The summed E-state index contributed by atoms with van der Waals surface area (Å²) < 4.78 is 13.0. The normalized spacial score (nSPS) is 13.0. The van der Waals surface area contributed by atoms with Crippen LogP contribution in [-0.2, 0) is 0 Å². The van der Waals surface area contributed by atoms with Crippen molar-refractivity contribution in [1.82, 2.24) is 0 Å². The third-order valence-electron chi connectivity index (χ3n) is 1.67. The molecule has 0 aliphatic heterocycles. The van der Waals surface area contributed by atoms with Crippen molar-refractivity contribution in [1.29, 1.82) is 0 Å². The van der Waals surface area contributed by atoms with Crippen LogP contribution in [0.4, 0.5) is 4.39 Å². The van der Waals surface area contributed by atoms with Crippen LogP contribution in [0.1, 0.15) is 18.4 Å². The van der Waals surface area contributed by atoms with Gasteiger partial charge in [0.1, 0.15) is 5.82 Å². The summed E-state index contributed by atoms with van der Waals surface area (Å²) in [5.41, 5.74) is 0.782. The van der Waals surface area contributed by atoms with Crippen molar-refractivity contribution in [3.63, 3.8) is 0 Å². The van der Waals surface area contributed by atoms with Crippen molar-refractivity contribution in [3.05, 3.63) is 35.6 Å². The standard InChI is InChI=1S/C9H10BrF/c1-7(6-10)8-4-2-3-5-9(8)11/h2-5,7H,6H2,1H3. The Morgan fingerprint density at radius 3 is 2.64 bits per heavy atom. The molecule has 0 aliphatic rings. The molecule has 11 heavy (non-hydrogen) atoms. The van der Waals surface area contributed by atoms with Crippen LogP contribution in [0.25, 0.3) is 0 Å². The first-order valence-corrected chi connectivity index (χ1v) is 4.68. The van der Waals surface area contributed by atoms with Gasteiger partial charge in [-0.2, -0.15) is 0 Å². The van der Waals surface area contributed by atoms with Gasteiger partial charge in [0.2, 0.25) is 0 Å². The molecule has 0 aliphatic carbocycles. The van der Waals surface area contributed by atoms with E-state index >= 15 is 0 Å². The van der Waals surface area contributed by atoms with Crippen LogP contribution < -0.4 is 0 Å². The van der Waals surface area contributed by atoms with E-state index in [2.05, 4.69) is 15.9 Å². The average Bonchev–Trinajstić information content (AvgIpc) is 2.04. The van der Waals surface area contributed by atoms with Crippen molar-refractivity contribution in [3.8, 4) is 0 Å². The fourth-order valence-electron chi connectivity index (χ4n) is 0.958. The Labute approximate surface area is 74.6 Å². The predicted molar refractivity (Wildman–Crippen MR) is 48.6 cm³/mol. The number of hydrogen-bond donors (Lipinski definition) is 0. The SMILES string of the molecule is CC(CBr)c1ccccc1F. The summed E-state index contributed by atoms with van der Waals surface area (Å²) >= 11 is 3.32. The number of halogens is 2. The molecule has 0 bridgehead atoms. The van der Waals surface area contributed by atoms with E-state index in [1.807, 2.05) is 19.1 Å². The fraction of sp³-hybridized carbons (Fsp3) is 0.333. The minimum Gasteiger partial charge on any atom is -0.207 e. The fourth-order valence-corrected chi connectivity index (χ4v) is 1.31. The molecule has 0 radical (unpaired) electrons. The highest BCUT2D eigenvalue weighted by Gasteiger charge is 2.07. The molecule has 1 aromatic carbocycles. The third-order valence-corrected chi connectivity index (χ3v) is 2.64.